The van der Waals surface area contributed by atoms with Crippen molar-refractivity contribution in [3.8, 4) is 0 Å². The van der Waals surface area contributed by atoms with Crippen LogP contribution >= 0.6 is 0 Å². The highest BCUT2D eigenvalue weighted by molar-refractivity contribution is 5.87. The second kappa shape index (κ2) is 44.8. The standard InChI is InChI=1S/C51H86N2O7/c1-3-5-7-9-11-13-15-17-18-19-20-21-22-24-26-28-30-35-39-43-50(57)60-46(40-36-32-29-27-25-23-16-14-12-10-8-6-4-2)41-37-33-31-34-38-42-48(55)52-44-49(56)53-47(45-54)51(58)59/h5,7,11,13,16-18,20-21,23,27,29,46-47,54H,3-4,6,8-10,12,14-15,19,22,24-26,28,30-45H2,1-2H3,(H,52,55)(H,53,56)(H,58,59)/b7-5-,13-11-,18-17-,21-20-,23-16-,29-27-. The number of unbranched alkanes of at least 4 members (excludes halogenated alkanes) is 16. The first-order valence-corrected chi connectivity index (χ1v) is 23.8. The SMILES string of the molecule is CC/C=C\C/C=C\C/C=C\C/C=C\CCCCCCCCC(=O)OC(CCC/C=C\C/C=C\CCCCCCC)CCCCCCCC(=O)NCC(=O)NC(CO)C(=O)O. The average molecular weight is 839 g/mol. The first-order valence-electron chi connectivity index (χ1n) is 23.8. The molecule has 0 heterocycles. The maximum Gasteiger partial charge on any atom is 0.328 e. The number of aliphatic carboxylic acids is 1. The summed E-state index contributed by atoms with van der Waals surface area (Å²) in [6, 6.07) is -1.39. The van der Waals surface area contributed by atoms with Gasteiger partial charge in [-0.05, 0) is 103 Å². The van der Waals surface area contributed by atoms with E-state index in [2.05, 4.69) is 97.4 Å². The third-order valence-corrected chi connectivity index (χ3v) is 10.2. The van der Waals surface area contributed by atoms with Crippen LogP contribution in [0, 0.1) is 0 Å². The topological polar surface area (TPSA) is 142 Å². The van der Waals surface area contributed by atoms with Gasteiger partial charge in [-0.1, -0.05) is 157 Å². The van der Waals surface area contributed by atoms with Gasteiger partial charge in [0.25, 0.3) is 0 Å². The number of carboxylic acids is 1. The maximum absolute atomic E-state index is 12.8. The lowest BCUT2D eigenvalue weighted by Crippen LogP contribution is -2.47. The molecule has 0 rings (SSSR count). The zero-order valence-corrected chi connectivity index (χ0v) is 37.9. The van der Waals surface area contributed by atoms with Gasteiger partial charge in [0.05, 0.1) is 13.2 Å². The summed E-state index contributed by atoms with van der Waals surface area (Å²) in [4.78, 5) is 47.7. The van der Waals surface area contributed by atoms with Gasteiger partial charge in [0.15, 0.2) is 0 Å². The molecule has 0 bridgehead atoms. The van der Waals surface area contributed by atoms with Crippen molar-refractivity contribution in [3.05, 3.63) is 72.9 Å². The molecule has 9 nitrogen and oxygen atoms in total. The fraction of sp³-hybridized carbons (Fsp3) is 0.686. The van der Waals surface area contributed by atoms with E-state index >= 15 is 0 Å². The van der Waals surface area contributed by atoms with E-state index in [9.17, 15) is 19.2 Å². The Kier molecular flexibility index (Phi) is 42.0. The minimum absolute atomic E-state index is 0.0691. The number of hydrogen-bond donors (Lipinski definition) is 4. The molecule has 0 aliphatic heterocycles. The van der Waals surface area contributed by atoms with E-state index in [4.69, 9.17) is 14.9 Å². The lowest BCUT2D eigenvalue weighted by molar-refractivity contribution is -0.150. The average Bonchev–Trinajstić information content (AvgIpc) is 3.23. The normalized spacial score (nSPS) is 13.1. The molecule has 0 aliphatic rings. The van der Waals surface area contributed by atoms with E-state index in [0.29, 0.717) is 12.8 Å². The monoisotopic (exact) mass is 839 g/mol. The molecule has 0 aliphatic carbocycles. The van der Waals surface area contributed by atoms with Crippen molar-refractivity contribution < 1.29 is 34.1 Å². The number of nitrogens with one attached hydrogen (secondary N) is 2. The maximum atomic E-state index is 12.8. The van der Waals surface area contributed by atoms with Gasteiger partial charge in [-0.25, -0.2) is 4.79 Å². The molecule has 9 heteroatoms. The number of hydrogen-bond acceptors (Lipinski definition) is 6. The summed E-state index contributed by atoms with van der Waals surface area (Å²) in [5.74, 6) is -2.35. The number of esters is 1. The van der Waals surface area contributed by atoms with Gasteiger partial charge in [-0.2, -0.15) is 0 Å². The largest absolute Gasteiger partial charge is 0.480 e. The van der Waals surface area contributed by atoms with Crippen molar-refractivity contribution in [1.82, 2.24) is 10.6 Å². The molecule has 0 fully saturated rings. The third-order valence-electron chi connectivity index (χ3n) is 10.2. The highest BCUT2D eigenvalue weighted by atomic mass is 16.5. The third kappa shape index (κ3) is 41.0. The van der Waals surface area contributed by atoms with Gasteiger partial charge in [0, 0.05) is 12.8 Å². The highest BCUT2D eigenvalue weighted by Gasteiger charge is 2.19. The molecule has 0 saturated heterocycles. The molecule has 0 aromatic carbocycles. The van der Waals surface area contributed by atoms with Crippen LogP contribution in [0.1, 0.15) is 200 Å². The zero-order valence-electron chi connectivity index (χ0n) is 37.9. The minimum Gasteiger partial charge on any atom is -0.480 e. The second-order valence-electron chi connectivity index (χ2n) is 15.8. The molecule has 0 saturated carbocycles. The van der Waals surface area contributed by atoms with Gasteiger partial charge in [-0.3, -0.25) is 14.4 Å². The molecule has 2 atom stereocenters. The van der Waals surface area contributed by atoms with Crippen LogP contribution in [-0.2, 0) is 23.9 Å². The number of ether oxygens (including phenoxy) is 1. The Labute approximate surface area is 365 Å². The fourth-order valence-corrected chi connectivity index (χ4v) is 6.57. The number of allylic oxidation sites excluding steroid dienone is 12. The van der Waals surface area contributed by atoms with E-state index in [0.717, 1.165) is 116 Å². The Balaban J connectivity index is 4.40. The molecule has 4 N–H and O–H groups in total. The number of amides is 2. The Hall–Kier alpha value is -3.72. The summed E-state index contributed by atoms with van der Waals surface area (Å²) >= 11 is 0. The minimum atomic E-state index is -1.39. The number of carbonyl (C=O) groups is 4. The number of carboxylic acid groups (broad SMARTS) is 1. The molecule has 0 aromatic heterocycles. The number of carbonyl (C=O) groups excluding carboxylic acids is 3. The lowest BCUT2D eigenvalue weighted by Gasteiger charge is -2.18. The van der Waals surface area contributed by atoms with Crippen molar-refractivity contribution >= 4 is 23.8 Å². The van der Waals surface area contributed by atoms with Gasteiger partial charge < -0.3 is 25.6 Å². The molecule has 0 aromatic rings. The number of rotatable bonds is 42. The van der Waals surface area contributed by atoms with Crippen LogP contribution in [0.15, 0.2) is 72.9 Å². The van der Waals surface area contributed by atoms with E-state index in [1.54, 1.807) is 0 Å². The van der Waals surface area contributed by atoms with E-state index < -0.39 is 24.5 Å². The van der Waals surface area contributed by atoms with Crippen LogP contribution in [0.25, 0.3) is 0 Å². The molecular formula is C51H86N2O7. The Bertz CT molecular complexity index is 1240. The summed E-state index contributed by atoms with van der Waals surface area (Å²) in [5, 5.41) is 22.6. The molecule has 2 amide bonds. The number of aliphatic hydroxyl groups is 1. The van der Waals surface area contributed by atoms with Crippen LogP contribution in [0.5, 0.6) is 0 Å². The van der Waals surface area contributed by atoms with Crippen molar-refractivity contribution in [2.75, 3.05) is 13.2 Å². The molecule has 0 radical (unpaired) electrons. The second-order valence-corrected chi connectivity index (χ2v) is 15.8. The molecular weight excluding hydrogens is 753 g/mol. The summed E-state index contributed by atoms with van der Waals surface area (Å²) in [6.07, 6.45) is 56.4. The van der Waals surface area contributed by atoms with Crippen molar-refractivity contribution in [3.63, 3.8) is 0 Å². The first kappa shape index (κ1) is 56.3. The van der Waals surface area contributed by atoms with Crippen LogP contribution < -0.4 is 10.6 Å². The Morgan fingerprint density at radius 2 is 0.967 bits per heavy atom. The number of aliphatic hydroxyl groups excluding tert-OH is 1. The van der Waals surface area contributed by atoms with Crippen molar-refractivity contribution in [1.29, 1.82) is 0 Å². The van der Waals surface area contributed by atoms with E-state index in [-0.39, 0.29) is 30.9 Å². The van der Waals surface area contributed by atoms with Crippen LogP contribution in [0.2, 0.25) is 0 Å². The first-order chi connectivity index (χ1) is 29.3. The smallest absolute Gasteiger partial charge is 0.328 e. The van der Waals surface area contributed by atoms with Crippen molar-refractivity contribution in [2.45, 2.75) is 212 Å². The predicted molar refractivity (Wildman–Crippen MR) is 250 cm³/mol. The van der Waals surface area contributed by atoms with Gasteiger partial charge >= 0.3 is 11.9 Å². The predicted octanol–water partition coefficient (Wildman–Crippen LogP) is 12.3. The van der Waals surface area contributed by atoms with Gasteiger partial charge in [0.1, 0.15) is 12.1 Å². The lowest BCUT2D eigenvalue weighted by atomic mass is 10.0. The van der Waals surface area contributed by atoms with Gasteiger partial charge in [0.2, 0.25) is 11.8 Å². The van der Waals surface area contributed by atoms with Gasteiger partial charge in [-0.15, -0.1) is 0 Å². The van der Waals surface area contributed by atoms with Crippen LogP contribution in [-0.4, -0.2) is 59.3 Å². The summed E-state index contributed by atoms with van der Waals surface area (Å²) < 4.78 is 6.02. The summed E-state index contributed by atoms with van der Waals surface area (Å²) in [6.45, 7) is 3.35. The van der Waals surface area contributed by atoms with Crippen LogP contribution in [0.4, 0.5) is 0 Å². The zero-order chi connectivity index (χ0) is 44.0. The van der Waals surface area contributed by atoms with E-state index in [1.807, 2.05) is 0 Å². The summed E-state index contributed by atoms with van der Waals surface area (Å²) in [7, 11) is 0. The van der Waals surface area contributed by atoms with E-state index in [1.165, 1.54) is 51.4 Å². The molecule has 342 valence electrons. The highest BCUT2D eigenvalue weighted by Crippen LogP contribution is 2.18. The molecule has 2 unspecified atom stereocenters. The quantitative estimate of drug-likeness (QED) is 0.0272. The molecule has 0 spiro atoms. The summed E-state index contributed by atoms with van der Waals surface area (Å²) in [5.41, 5.74) is 0. The van der Waals surface area contributed by atoms with Crippen molar-refractivity contribution in [2.24, 2.45) is 0 Å². The Morgan fingerprint density at radius 1 is 0.517 bits per heavy atom. The fourth-order valence-electron chi connectivity index (χ4n) is 6.57. The Morgan fingerprint density at radius 3 is 1.50 bits per heavy atom. The molecule has 60 heavy (non-hydrogen) atoms. The van der Waals surface area contributed by atoms with Crippen LogP contribution in [0.3, 0.4) is 0 Å².